The number of rotatable bonds is 7. The third-order valence-electron chi connectivity index (χ3n) is 3.66. The number of nitrogens with zero attached hydrogens (tertiary/aromatic N) is 1. The van der Waals surface area contributed by atoms with Crippen molar-refractivity contribution in [3.8, 4) is 0 Å². The Morgan fingerprint density at radius 2 is 2.20 bits per heavy atom. The normalized spacial score (nSPS) is 14.9. The van der Waals surface area contributed by atoms with Gasteiger partial charge in [-0.2, -0.15) is 11.3 Å². The predicted octanol–water partition coefficient (Wildman–Crippen LogP) is 4.22. The van der Waals surface area contributed by atoms with Gasteiger partial charge in [0.25, 0.3) is 0 Å². The van der Waals surface area contributed by atoms with E-state index >= 15 is 0 Å². The molecule has 2 aromatic rings. The number of carbonyl (C=O) groups is 1. The van der Waals surface area contributed by atoms with Crippen LogP contribution in [0.25, 0.3) is 0 Å². The fourth-order valence-corrected chi connectivity index (χ4v) is 3.89. The largest absolute Gasteiger partial charge is 0.292 e. The van der Waals surface area contributed by atoms with E-state index in [0.717, 1.165) is 17.8 Å². The summed E-state index contributed by atoms with van der Waals surface area (Å²) in [6.45, 7) is 3.60. The van der Waals surface area contributed by atoms with E-state index in [2.05, 4.69) is 34.7 Å². The van der Waals surface area contributed by atoms with Crippen molar-refractivity contribution in [2.75, 3.05) is 6.54 Å². The molecule has 0 atom stereocenters. The van der Waals surface area contributed by atoms with E-state index in [4.69, 9.17) is 0 Å². The lowest BCUT2D eigenvalue weighted by molar-refractivity contribution is 0.0923. The van der Waals surface area contributed by atoms with Gasteiger partial charge in [0.2, 0.25) is 0 Å². The average molecular weight is 305 g/mol. The van der Waals surface area contributed by atoms with Gasteiger partial charge in [0.15, 0.2) is 5.78 Å². The summed E-state index contributed by atoms with van der Waals surface area (Å²) < 4.78 is 0. The van der Waals surface area contributed by atoms with Gasteiger partial charge >= 0.3 is 0 Å². The Bertz CT molecular complexity index is 569. The fraction of sp³-hybridized carbons (Fsp3) is 0.438. The van der Waals surface area contributed by atoms with E-state index < -0.39 is 0 Å². The minimum absolute atomic E-state index is 0.275. The maximum absolute atomic E-state index is 12.4. The predicted molar refractivity (Wildman–Crippen MR) is 85.8 cm³/mol. The molecule has 0 amide bonds. The molecule has 0 radical (unpaired) electrons. The second-order valence-electron chi connectivity index (χ2n) is 5.31. The maximum Gasteiger partial charge on any atom is 0.186 e. The zero-order valence-corrected chi connectivity index (χ0v) is 13.3. The molecular weight excluding hydrogens is 286 g/mol. The quantitative estimate of drug-likeness (QED) is 0.714. The Morgan fingerprint density at radius 1 is 1.35 bits per heavy atom. The zero-order chi connectivity index (χ0) is 13.9. The van der Waals surface area contributed by atoms with Crippen LogP contribution < -0.4 is 0 Å². The number of ketones is 1. The van der Waals surface area contributed by atoms with E-state index in [1.54, 1.807) is 22.7 Å². The van der Waals surface area contributed by atoms with Crippen LogP contribution in [0.5, 0.6) is 0 Å². The molecule has 2 heterocycles. The molecule has 106 valence electrons. The second kappa shape index (κ2) is 6.20. The molecule has 1 fully saturated rings. The van der Waals surface area contributed by atoms with E-state index in [0.29, 0.717) is 12.6 Å². The molecule has 2 aromatic heterocycles. The van der Waals surface area contributed by atoms with Crippen LogP contribution >= 0.6 is 22.7 Å². The van der Waals surface area contributed by atoms with Gasteiger partial charge in [-0.3, -0.25) is 9.69 Å². The smallest absolute Gasteiger partial charge is 0.186 e. The molecule has 0 aliphatic heterocycles. The van der Waals surface area contributed by atoms with Crippen molar-refractivity contribution < 1.29 is 4.79 Å². The van der Waals surface area contributed by atoms with E-state index in [1.165, 1.54) is 23.3 Å². The lowest BCUT2D eigenvalue weighted by Gasteiger charge is -2.20. The molecule has 2 nitrogen and oxygen atoms in total. The molecule has 0 spiro atoms. The summed E-state index contributed by atoms with van der Waals surface area (Å²) in [7, 11) is 0. The monoisotopic (exact) mass is 305 g/mol. The number of Topliss-reactive ketones (excluding diaryl/α,β-unsaturated/α-hetero) is 1. The molecule has 0 aromatic carbocycles. The fourth-order valence-electron chi connectivity index (χ4n) is 2.35. The molecule has 4 heteroatoms. The summed E-state index contributed by atoms with van der Waals surface area (Å²) in [4.78, 5) is 17.0. The van der Waals surface area contributed by atoms with Gasteiger partial charge < -0.3 is 0 Å². The SMILES string of the molecule is CCc1ccc(C(=O)CN(Cc2ccsc2)C2CC2)s1. The van der Waals surface area contributed by atoms with E-state index in [-0.39, 0.29) is 5.78 Å². The Labute approximate surface area is 128 Å². The first-order valence-corrected chi connectivity index (χ1v) is 8.89. The van der Waals surface area contributed by atoms with Crippen molar-refractivity contribution in [1.82, 2.24) is 4.90 Å². The number of aryl methyl sites for hydroxylation is 1. The van der Waals surface area contributed by atoms with Crippen molar-refractivity contribution in [1.29, 1.82) is 0 Å². The summed E-state index contributed by atoms with van der Waals surface area (Å²) in [6.07, 6.45) is 3.49. The highest BCUT2D eigenvalue weighted by molar-refractivity contribution is 7.14. The topological polar surface area (TPSA) is 20.3 Å². The molecule has 0 N–H and O–H groups in total. The number of carbonyl (C=O) groups excluding carboxylic acids is 1. The third-order valence-corrected chi connectivity index (χ3v) is 5.66. The lowest BCUT2D eigenvalue weighted by Crippen LogP contribution is -2.31. The van der Waals surface area contributed by atoms with Crippen LogP contribution in [0, 0.1) is 0 Å². The highest BCUT2D eigenvalue weighted by atomic mass is 32.1. The van der Waals surface area contributed by atoms with Gasteiger partial charge in [-0.05, 0) is 53.8 Å². The van der Waals surface area contributed by atoms with Gasteiger partial charge in [0, 0.05) is 17.5 Å². The van der Waals surface area contributed by atoms with Crippen LogP contribution in [0.15, 0.2) is 29.0 Å². The Balaban J connectivity index is 1.65. The first kappa shape index (κ1) is 14.0. The van der Waals surface area contributed by atoms with Crippen LogP contribution in [0.3, 0.4) is 0 Å². The molecule has 1 aliphatic carbocycles. The van der Waals surface area contributed by atoms with Crippen LogP contribution in [0.4, 0.5) is 0 Å². The highest BCUT2D eigenvalue weighted by Crippen LogP contribution is 2.29. The Hall–Kier alpha value is -0.970. The molecule has 0 bridgehead atoms. The summed E-state index contributed by atoms with van der Waals surface area (Å²) in [5, 5.41) is 4.29. The minimum atomic E-state index is 0.275. The van der Waals surface area contributed by atoms with Crippen LogP contribution in [-0.2, 0) is 13.0 Å². The first-order chi connectivity index (χ1) is 9.76. The van der Waals surface area contributed by atoms with Crippen LogP contribution in [0.2, 0.25) is 0 Å². The minimum Gasteiger partial charge on any atom is -0.292 e. The standard InChI is InChI=1S/C16H19NOS2/c1-2-14-5-6-16(20-14)15(18)10-17(13-3-4-13)9-12-7-8-19-11-12/h5-8,11,13H,2-4,9-10H2,1H3. The molecule has 1 aliphatic rings. The van der Waals surface area contributed by atoms with Crippen LogP contribution in [-0.4, -0.2) is 23.3 Å². The molecule has 20 heavy (non-hydrogen) atoms. The number of hydrogen-bond acceptors (Lipinski definition) is 4. The summed E-state index contributed by atoms with van der Waals surface area (Å²) in [6, 6.07) is 6.84. The van der Waals surface area contributed by atoms with E-state index in [1.807, 2.05) is 6.07 Å². The van der Waals surface area contributed by atoms with Crippen molar-refractivity contribution in [3.63, 3.8) is 0 Å². The Kier molecular flexibility index (Phi) is 4.34. The average Bonchev–Trinajstić information content (AvgIpc) is 2.98. The molecular formula is C16H19NOS2. The summed E-state index contributed by atoms with van der Waals surface area (Å²) in [5.41, 5.74) is 1.33. The Morgan fingerprint density at radius 3 is 2.80 bits per heavy atom. The van der Waals surface area contributed by atoms with Crippen molar-refractivity contribution in [3.05, 3.63) is 44.3 Å². The van der Waals surface area contributed by atoms with E-state index in [9.17, 15) is 4.79 Å². The highest BCUT2D eigenvalue weighted by Gasteiger charge is 2.30. The number of thiophene rings is 2. The van der Waals surface area contributed by atoms with Gasteiger partial charge in [0.05, 0.1) is 11.4 Å². The maximum atomic E-state index is 12.4. The second-order valence-corrected chi connectivity index (χ2v) is 7.26. The van der Waals surface area contributed by atoms with Crippen molar-refractivity contribution in [2.24, 2.45) is 0 Å². The summed E-state index contributed by atoms with van der Waals surface area (Å²) in [5.74, 6) is 0.275. The van der Waals surface area contributed by atoms with Crippen molar-refractivity contribution >= 4 is 28.5 Å². The molecule has 1 saturated carbocycles. The number of hydrogen-bond donors (Lipinski definition) is 0. The van der Waals surface area contributed by atoms with Crippen molar-refractivity contribution in [2.45, 2.75) is 38.8 Å². The molecule has 0 saturated heterocycles. The van der Waals surface area contributed by atoms with Gasteiger partial charge in [0.1, 0.15) is 0 Å². The lowest BCUT2D eigenvalue weighted by atomic mass is 10.2. The van der Waals surface area contributed by atoms with Gasteiger partial charge in [-0.1, -0.05) is 6.92 Å². The zero-order valence-electron chi connectivity index (χ0n) is 11.7. The third kappa shape index (κ3) is 3.37. The molecule has 0 unspecified atom stereocenters. The van der Waals surface area contributed by atoms with Crippen LogP contribution in [0.1, 0.15) is 39.9 Å². The summed E-state index contributed by atoms with van der Waals surface area (Å²) >= 11 is 3.37. The molecule has 3 rings (SSSR count). The van der Waals surface area contributed by atoms with Gasteiger partial charge in [-0.15, -0.1) is 11.3 Å². The first-order valence-electron chi connectivity index (χ1n) is 7.13. The van der Waals surface area contributed by atoms with Gasteiger partial charge in [-0.25, -0.2) is 0 Å².